The molecular formula is C27H30N6O6. The van der Waals surface area contributed by atoms with Gasteiger partial charge in [0.05, 0.1) is 17.3 Å². The van der Waals surface area contributed by atoms with Crippen molar-refractivity contribution in [1.82, 2.24) is 24.9 Å². The first-order valence-corrected chi connectivity index (χ1v) is 13.3. The monoisotopic (exact) mass is 534 g/mol. The van der Waals surface area contributed by atoms with Gasteiger partial charge in [0.1, 0.15) is 5.75 Å². The maximum Gasteiger partial charge on any atom is 0.407 e. The first-order chi connectivity index (χ1) is 19.0. The number of benzene rings is 1. The van der Waals surface area contributed by atoms with Crippen LogP contribution in [0.15, 0.2) is 30.3 Å². The molecule has 12 nitrogen and oxygen atoms in total. The van der Waals surface area contributed by atoms with Crippen LogP contribution in [0.4, 0.5) is 10.6 Å². The van der Waals surface area contributed by atoms with E-state index >= 15 is 0 Å². The third-order valence-electron chi connectivity index (χ3n) is 7.52. The van der Waals surface area contributed by atoms with Crippen molar-refractivity contribution in [3.8, 4) is 17.0 Å². The molecule has 0 atom stereocenters. The minimum absolute atomic E-state index is 0.0679. The highest BCUT2D eigenvalue weighted by Gasteiger charge is 2.44. The first-order valence-electron chi connectivity index (χ1n) is 13.3. The maximum atomic E-state index is 13.4. The van der Waals surface area contributed by atoms with Crippen molar-refractivity contribution in [2.75, 3.05) is 31.9 Å². The van der Waals surface area contributed by atoms with Gasteiger partial charge in [-0.3, -0.25) is 14.3 Å². The van der Waals surface area contributed by atoms with Crippen molar-refractivity contribution >= 4 is 34.8 Å². The van der Waals surface area contributed by atoms with Gasteiger partial charge in [-0.05, 0) is 56.7 Å². The van der Waals surface area contributed by atoms with Gasteiger partial charge in [0.15, 0.2) is 18.1 Å². The van der Waals surface area contributed by atoms with E-state index in [-0.39, 0.29) is 42.3 Å². The number of amides is 3. The molecule has 1 N–H and O–H groups in total. The van der Waals surface area contributed by atoms with Crippen LogP contribution in [0.2, 0.25) is 0 Å². The van der Waals surface area contributed by atoms with Gasteiger partial charge in [0.2, 0.25) is 11.8 Å². The standard InChI is InChI=1S/C27H30N6O6/c1-38-15-39-22-5-3-2-4-19(22)20-14-21-23(29-28-20)24(30-33(21)18-10-12-31(13-11-18)27(36)37)32(25(34)16-6-7-16)26(35)17-8-9-17/h2-5,14,16-18H,6-13,15H2,1H3,(H,36,37). The van der Waals surface area contributed by atoms with E-state index in [4.69, 9.17) is 14.6 Å². The van der Waals surface area contributed by atoms with Crippen molar-refractivity contribution in [2.24, 2.45) is 11.8 Å². The quantitative estimate of drug-likeness (QED) is 0.340. The predicted octanol–water partition coefficient (Wildman–Crippen LogP) is 3.47. The summed E-state index contributed by atoms with van der Waals surface area (Å²) in [5.41, 5.74) is 2.25. The second-order valence-corrected chi connectivity index (χ2v) is 10.3. The molecule has 0 spiro atoms. The number of rotatable bonds is 8. The highest BCUT2D eigenvalue weighted by atomic mass is 16.7. The van der Waals surface area contributed by atoms with E-state index in [1.807, 2.05) is 30.3 Å². The number of imide groups is 1. The number of hydrogen-bond acceptors (Lipinski definition) is 8. The highest BCUT2D eigenvalue weighted by molar-refractivity contribution is 6.19. The molecule has 204 valence electrons. The third-order valence-corrected chi connectivity index (χ3v) is 7.52. The lowest BCUT2D eigenvalue weighted by atomic mass is 10.1. The summed E-state index contributed by atoms with van der Waals surface area (Å²) in [6.07, 6.45) is 3.17. The number of nitrogens with zero attached hydrogens (tertiary/aromatic N) is 6. The Morgan fingerprint density at radius 1 is 1.00 bits per heavy atom. The zero-order valence-corrected chi connectivity index (χ0v) is 21.7. The van der Waals surface area contributed by atoms with Crippen LogP contribution in [0.3, 0.4) is 0 Å². The number of aromatic nitrogens is 4. The van der Waals surface area contributed by atoms with Crippen LogP contribution in [0, 0.1) is 11.8 Å². The molecule has 1 aliphatic heterocycles. The zero-order valence-electron chi connectivity index (χ0n) is 21.7. The largest absolute Gasteiger partial charge is 0.467 e. The minimum atomic E-state index is -0.948. The van der Waals surface area contributed by atoms with Gasteiger partial charge in [0.25, 0.3) is 0 Å². The predicted molar refractivity (Wildman–Crippen MR) is 139 cm³/mol. The van der Waals surface area contributed by atoms with Crippen molar-refractivity contribution in [3.63, 3.8) is 0 Å². The molecule has 2 aromatic heterocycles. The Morgan fingerprint density at radius 3 is 2.28 bits per heavy atom. The van der Waals surface area contributed by atoms with Crippen LogP contribution < -0.4 is 9.64 Å². The summed E-state index contributed by atoms with van der Waals surface area (Å²) < 4.78 is 12.6. The Balaban J connectivity index is 1.46. The number of carbonyl (C=O) groups is 3. The second-order valence-electron chi connectivity index (χ2n) is 10.3. The van der Waals surface area contributed by atoms with Gasteiger partial charge in [0, 0.05) is 37.6 Å². The number of carboxylic acid groups (broad SMARTS) is 1. The molecule has 3 heterocycles. The van der Waals surface area contributed by atoms with E-state index < -0.39 is 6.09 Å². The lowest BCUT2D eigenvalue weighted by Gasteiger charge is -2.30. The molecular weight excluding hydrogens is 504 g/mol. The molecule has 3 amide bonds. The SMILES string of the molecule is COCOc1ccccc1-c1cc2c(nn1)c(N(C(=O)C1CC1)C(=O)C1CC1)nn2C1CCN(C(=O)O)CC1. The molecule has 1 saturated heterocycles. The normalized spacial score (nSPS) is 17.8. The number of fused-ring (bicyclic) bond motifs is 1. The lowest BCUT2D eigenvalue weighted by molar-refractivity contribution is -0.127. The Bertz CT molecular complexity index is 1400. The molecule has 0 radical (unpaired) electrons. The Kier molecular flexibility index (Phi) is 6.63. The fraction of sp³-hybridized carbons (Fsp3) is 0.481. The summed E-state index contributed by atoms with van der Waals surface area (Å²) in [5, 5.41) is 23.2. The number of hydrogen-bond donors (Lipinski definition) is 1. The molecule has 0 unspecified atom stereocenters. The lowest BCUT2D eigenvalue weighted by Crippen LogP contribution is -2.40. The van der Waals surface area contributed by atoms with E-state index in [0.717, 1.165) is 25.7 Å². The van der Waals surface area contributed by atoms with Crippen LogP contribution in [-0.2, 0) is 14.3 Å². The zero-order chi connectivity index (χ0) is 27.1. The topological polar surface area (TPSA) is 140 Å². The maximum absolute atomic E-state index is 13.4. The molecule has 2 saturated carbocycles. The van der Waals surface area contributed by atoms with Gasteiger partial charge in [-0.1, -0.05) is 12.1 Å². The molecule has 12 heteroatoms. The van der Waals surface area contributed by atoms with E-state index in [1.54, 1.807) is 11.8 Å². The number of ether oxygens (including phenoxy) is 2. The number of likely N-dealkylation sites (tertiary alicyclic amines) is 1. The van der Waals surface area contributed by atoms with E-state index in [9.17, 15) is 19.5 Å². The Labute approximate surface area is 224 Å². The van der Waals surface area contributed by atoms with Gasteiger partial charge in [-0.25, -0.2) is 9.69 Å². The minimum Gasteiger partial charge on any atom is -0.467 e. The second kappa shape index (κ2) is 10.3. The smallest absolute Gasteiger partial charge is 0.407 e. The summed E-state index contributed by atoms with van der Waals surface area (Å²) in [6, 6.07) is 9.11. The van der Waals surface area contributed by atoms with Gasteiger partial charge in [-0.2, -0.15) is 5.10 Å². The van der Waals surface area contributed by atoms with Crippen LogP contribution in [0.1, 0.15) is 44.6 Å². The van der Waals surface area contributed by atoms with Crippen molar-refractivity contribution in [1.29, 1.82) is 0 Å². The summed E-state index contributed by atoms with van der Waals surface area (Å²) in [4.78, 5) is 40.8. The van der Waals surface area contributed by atoms with Crippen LogP contribution in [0.5, 0.6) is 5.75 Å². The van der Waals surface area contributed by atoms with Crippen LogP contribution >= 0.6 is 0 Å². The number of carbonyl (C=O) groups excluding carboxylic acids is 2. The van der Waals surface area contributed by atoms with Crippen LogP contribution in [-0.4, -0.2) is 74.9 Å². The fourth-order valence-electron chi connectivity index (χ4n) is 5.05. The molecule has 3 fully saturated rings. The number of para-hydroxylation sites is 1. The first kappa shape index (κ1) is 25.2. The van der Waals surface area contributed by atoms with Gasteiger partial charge in [-0.15, -0.1) is 10.2 Å². The van der Waals surface area contributed by atoms with Gasteiger partial charge >= 0.3 is 6.09 Å². The molecule has 2 aliphatic carbocycles. The summed E-state index contributed by atoms with van der Waals surface area (Å²) in [6.45, 7) is 0.793. The van der Waals surface area contributed by atoms with E-state index in [2.05, 4.69) is 10.2 Å². The summed E-state index contributed by atoms with van der Waals surface area (Å²) >= 11 is 0. The number of methoxy groups -OCH3 is 1. The average Bonchev–Trinajstić information content (AvgIpc) is 3.89. The number of piperidine rings is 1. The molecule has 39 heavy (non-hydrogen) atoms. The molecule has 0 bridgehead atoms. The fourth-order valence-corrected chi connectivity index (χ4v) is 5.05. The molecule has 1 aromatic carbocycles. The summed E-state index contributed by atoms with van der Waals surface area (Å²) in [7, 11) is 1.54. The average molecular weight is 535 g/mol. The third kappa shape index (κ3) is 4.91. The summed E-state index contributed by atoms with van der Waals surface area (Å²) in [5.74, 6) is -0.0369. The Morgan fingerprint density at radius 2 is 1.67 bits per heavy atom. The Hall–Kier alpha value is -4.06. The molecule has 3 aliphatic rings. The van der Waals surface area contributed by atoms with E-state index in [0.29, 0.717) is 54.0 Å². The van der Waals surface area contributed by atoms with Crippen molar-refractivity contribution in [3.05, 3.63) is 30.3 Å². The van der Waals surface area contributed by atoms with E-state index in [1.165, 1.54) is 9.80 Å². The molecule has 6 rings (SSSR count). The van der Waals surface area contributed by atoms with Crippen LogP contribution in [0.25, 0.3) is 22.3 Å². The van der Waals surface area contributed by atoms with Crippen molar-refractivity contribution in [2.45, 2.75) is 44.6 Å². The van der Waals surface area contributed by atoms with Gasteiger partial charge < -0.3 is 19.5 Å². The molecule has 3 aromatic rings. The number of anilines is 1. The van der Waals surface area contributed by atoms with Crippen molar-refractivity contribution < 1.29 is 29.0 Å². The highest BCUT2D eigenvalue weighted by Crippen LogP contribution is 2.40.